The molecule has 6 nitrogen and oxygen atoms in total. The Kier molecular flexibility index (Phi) is 5.98. The molecular weight excluding hydrogens is 414 g/mol. The molecule has 2 aromatic heterocycles. The minimum atomic E-state index is 0.0790. The topological polar surface area (TPSA) is 60.5 Å². The molecule has 33 heavy (non-hydrogen) atoms. The monoisotopic (exact) mass is 441 g/mol. The van der Waals surface area contributed by atoms with Gasteiger partial charge in [-0.1, -0.05) is 55.0 Å². The molecule has 4 aromatic rings. The Morgan fingerprint density at radius 3 is 2.39 bits per heavy atom. The van der Waals surface area contributed by atoms with Crippen molar-refractivity contribution in [1.29, 1.82) is 0 Å². The number of ether oxygens (including phenoxy) is 1. The Hall–Kier alpha value is -3.80. The van der Waals surface area contributed by atoms with Gasteiger partial charge in [-0.3, -0.25) is 4.79 Å². The largest absolute Gasteiger partial charge is 0.467 e. The molecule has 0 aliphatic heterocycles. The van der Waals surface area contributed by atoms with Crippen LogP contribution in [0.15, 0.2) is 83.5 Å². The molecule has 1 fully saturated rings. The summed E-state index contributed by atoms with van der Waals surface area (Å²) in [7, 11) is 1.87. The zero-order chi connectivity index (χ0) is 22.6. The van der Waals surface area contributed by atoms with E-state index in [9.17, 15) is 4.79 Å². The molecule has 2 aromatic carbocycles. The molecule has 2 heterocycles. The number of aryl methyl sites for hydroxylation is 1. The maximum absolute atomic E-state index is 13.4. The minimum Gasteiger partial charge on any atom is -0.467 e. The van der Waals surface area contributed by atoms with Gasteiger partial charge >= 0.3 is 0 Å². The molecule has 0 radical (unpaired) electrons. The van der Waals surface area contributed by atoms with Crippen LogP contribution in [-0.4, -0.2) is 20.6 Å². The van der Waals surface area contributed by atoms with Crippen molar-refractivity contribution in [1.82, 2.24) is 14.7 Å². The van der Waals surface area contributed by atoms with Crippen LogP contribution in [0.1, 0.15) is 30.6 Å². The van der Waals surface area contributed by atoms with Crippen LogP contribution in [-0.2, 0) is 24.9 Å². The summed E-state index contributed by atoms with van der Waals surface area (Å²) in [5.74, 6) is 2.36. The maximum atomic E-state index is 13.4. The smallest absolute Gasteiger partial charge is 0.226 e. The van der Waals surface area contributed by atoms with E-state index in [1.165, 1.54) is 0 Å². The average molecular weight is 442 g/mol. The number of amides is 1. The second kappa shape index (κ2) is 9.36. The lowest BCUT2D eigenvalue weighted by molar-refractivity contribution is -0.139. The van der Waals surface area contributed by atoms with Crippen molar-refractivity contribution in [3.63, 3.8) is 0 Å². The van der Waals surface area contributed by atoms with Crippen molar-refractivity contribution in [3.8, 4) is 22.9 Å². The van der Waals surface area contributed by atoms with E-state index < -0.39 is 0 Å². The van der Waals surface area contributed by atoms with Crippen LogP contribution in [0, 0.1) is 5.92 Å². The summed E-state index contributed by atoms with van der Waals surface area (Å²) in [6.45, 7) is 0.798. The predicted octanol–water partition coefficient (Wildman–Crippen LogP) is 5.80. The van der Waals surface area contributed by atoms with Crippen molar-refractivity contribution < 1.29 is 13.9 Å². The normalized spacial score (nSPS) is 13.5. The Labute approximate surface area is 193 Å². The second-order valence-electron chi connectivity index (χ2n) is 8.44. The number of nitrogens with zero attached hydrogens (tertiary/aromatic N) is 3. The Morgan fingerprint density at radius 2 is 1.76 bits per heavy atom. The lowest BCUT2D eigenvalue weighted by Crippen LogP contribution is -2.38. The number of carbonyl (C=O) groups excluding carboxylic acids is 1. The summed E-state index contributed by atoms with van der Waals surface area (Å²) in [5, 5.41) is 4.80. The minimum absolute atomic E-state index is 0.0790. The fourth-order valence-electron chi connectivity index (χ4n) is 4.16. The lowest BCUT2D eigenvalue weighted by Gasteiger charge is -2.31. The number of furan rings is 1. The van der Waals surface area contributed by atoms with Crippen LogP contribution in [0.3, 0.4) is 0 Å². The molecule has 5 rings (SSSR count). The standard InChI is InChI=1S/C27H27N3O3/c1-29-27(33-22-14-6-3-7-15-22)24(25(28-29)20-10-4-2-5-11-20)19-30(18-23-16-9-17-32-23)26(31)21-12-8-13-21/h2-7,9-11,14-17,21H,8,12-13,18-19H2,1H3. The zero-order valence-electron chi connectivity index (χ0n) is 18.7. The van der Waals surface area contributed by atoms with Gasteiger partial charge in [-0.25, -0.2) is 4.68 Å². The van der Waals surface area contributed by atoms with E-state index >= 15 is 0 Å². The third kappa shape index (κ3) is 4.55. The first-order valence-electron chi connectivity index (χ1n) is 11.3. The van der Waals surface area contributed by atoms with E-state index in [1.54, 1.807) is 10.9 Å². The molecule has 0 atom stereocenters. The van der Waals surface area contributed by atoms with Crippen LogP contribution in [0.25, 0.3) is 11.3 Å². The number of hydrogen-bond donors (Lipinski definition) is 0. The average Bonchev–Trinajstić information content (AvgIpc) is 3.42. The SMILES string of the molecule is Cn1nc(-c2ccccc2)c(CN(Cc2ccco2)C(=O)C2CCC2)c1Oc1ccccc1. The number of rotatable bonds is 8. The van der Waals surface area contributed by atoms with Crippen LogP contribution in [0.2, 0.25) is 0 Å². The molecule has 0 bridgehead atoms. The van der Waals surface area contributed by atoms with E-state index in [0.29, 0.717) is 19.0 Å². The number of para-hydroxylation sites is 1. The molecule has 6 heteroatoms. The first kappa shape index (κ1) is 21.1. The molecule has 1 amide bonds. The fraction of sp³-hybridized carbons (Fsp3) is 0.259. The van der Waals surface area contributed by atoms with Gasteiger partial charge in [-0.05, 0) is 37.1 Å². The fourth-order valence-corrected chi connectivity index (χ4v) is 4.16. The molecule has 1 aliphatic carbocycles. The van der Waals surface area contributed by atoms with Crippen molar-refractivity contribution >= 4 is 5.91 Å². The van der Waals surface area contributed by atoms with Crippen LogP contribution in [0.5, 0.6) is 11.6 Å². The summed E-state index contributed by atoms with van der Waals surface area (Å²) in [4.78, 5) is 15.3. The third-order valence-corrected chi connectivity index (χ3v) is 6.13. The number of benzene rings is 2. The molecule has 0 unspecified atom stereocenters. The Bertz CT molecular complexity index is 1200. The van der Waals surface area contributed by atoms with E-state index in [2.05, 4.69) is 0 Å². The summed E-state index contributed by atoms with van der Waals surface area (Å²) in [6.07, 6.45) is 4.64. The number of carbonyl (C=O) groups is 1. The van der Waals surface area contributed by atoms with Gasteiger partial charge in [0.05, 0.1) is 24.9 Å². The summed E-state index contributed by atoms with van der Waals surface area (Å²) >= 11 is 0. The Morgan fingerprint density at radius 1 is 1.03 bits per heavy atom. The van der Waals surface area contributed by atoms with Gasteiger partial charge < -0.3 is 14.1 Å². The quantitative estimate of drug-likeness (QED) is 0.347. The summed E-state index contributed by atoms with van der Waals surface area (Å²) in [5.41, 5.74) is 2.68. The first-order chi connectivity index (χ1) is 16.2. The van der Waals surface area contributed by atoms with Crippen LogP contribution < -0.4 is 4.74 Å². The van der Waals surface area contributed by atoms with Crippen molar-refractivity contribution in [2.45, 2.75) is 32.4 Å². The van der Waals surface area contributed by atoms with E-state index in [-0.39, 0.29) is 11.8 Å². The van der Waals surface area contributed by atoms with Crippen molar-refractivity contribution in [3.05, 3.63) is 90.4 Å². The summed E-state index contributed by atoms with van der Waals surface area (Å²) < 4.78 is 13.6. The van der Waals surface area contributed by atoms with Gasteiger partial charge in [0.2, 0.25) is 11.8 Å². The van der Waals surface area contributed by atoms with Crippen LogP contribution in [0.4, 0.5) is 0 Å². The molecule has 0 saturated heterocycles. The van der Waals surface area contributed by atoms with Crippen LogP contribution >= 0.6 is 0 Å². The highest BCUT2D eigenvalue weighted by Gasteiger charge is 2.32. The van der Waals surface area contributed by atoms with Gasteiger partial charge in [0.15, 0.2) is 0 Å². The molecule has 0 N–H and O–H groups in total. The van der Waals surface area contributed by atoms with E-state index in [4.69, 9.17) is 14.3 Å². The van der Waals surface area contributed by atoms with E-state index in [1.807, 2.05) is 84.7 Å². The highest BCUT2D eigenvalue weighted by atomic mass is 16.5. The highest BCUT2D eigenvalue weighted by molar-refractivity contribution is 5.80. The van der Waals surface area contributed by atoms with Gasteiger partial charge in [-0.15, -0.1) is 0 Å². The van der Waals surface area contributed by atoms with E-state index in [0.717, 1.165) is 47.6 Å². The Balaban J connectivity index is 1.55. The van der Waals surface area contributed by atoms with Crippen molar-refractivity contribution in [2.75, 3.05) is 0 Å². The van der Waals surface area contributed by atoms with Gasteiger partial charge in [-0.2, -0.15) is 5.10 Å². The molecule has 0 spiro atoms. The highest BCUT2D eigenvalue weighted by Crippen LogP contribution is 2.36. The number of hydrogen-bond acceptors (Lipinski definition) is 4. The van der Waals surface area contributed by atoms with Gasteiger partial charge in [0.25, 0.3) is 0 Å². The summed E-state index contributed by atoms with van der Waals surface area (Å²) in [6, 6.07) is 23.4. The third-order valence-electron chi connectivity index (χ3n) is 6.13. The predicted molar refractivity (Wildman–Crippen MR) is 125 cm³/mol. The maximum Gasteiger partial charge on any atom is 0.226 e. The number of aromatic nitrogens is 2. The molecule has 168 valence electrons. The first-order valence-corrected chi connectivity index (χ1v) is 11.3. The second-order valence-corrected chi connectivity index (χ2v) is 8.44. The molecule has 1 saturated carbocycles. The van der Waals surface area contributed by atoms with Crippen molar-refractivity contribution in [2.24, 2.45) is 13.0 Å². The lowest BCUT2D eigenvalue weighted by atomic mass is 9.84. The van der Waals surface area contributed by atoms with Gasteiger partial charge in [0.1, 0.15) is 17.2 Å². The van der Waals surface area contributed by atoms with Gasteiger partial charge in [0, 0.05) is 18.5 Å². The molecule has 1 aliphatic rings. The zero-order valence-corrected chi connectivity index (χ0v) is 18.7. The molecular formula is C27H27N3O3.